The number of carbonyl (C=O) groups is 2. The van der Waals surface area contributed by atoms with Gasteiger partial charge in [0.05, 0.1) is 24.5 Å². The van der Waals surface area contributed by atoms with Gasteiger partial charge in [0.15, 0.2) is 56.3 Å². The Morgan fingerprint density at radius 3 is 1.28 bits per heavy atom. The molecule has 432 valence electrons. The normalized spacial score (nSPS) is 18.1. The first-order valence-electron chi connectivity index (χ1n) is 25.9. The number of hydrogen-bond donors (Lipinski definition) is 1. The minimum Gasteiger partial charge on any atom is -0.379 e. The molecule has 4 aromatic carbocycles. The summed E-state index contributed by atoms with van der Waals surface area (Å²) in [6.45, 7) is 0.0931. The van der Waals surface area contributed by atoms with Gasteiger partial charge in [-0.1, -0.05) is 87.1 Å². The molecule has 2 aromatic heterocycles. The van der Waals surface area contributed by atoms with Crippen LogP contribution in [0, 0.1) is 58.2 Å². The summed E-state index contributed by atoms with van der Waals surface area (Å²) < 4.78 is 187. The Morgan fingerprint density at radius 1 is 0.506 bits per heavy atom. The average Bonchev–Trinajstić information content (AvgIpc) is 3.64. The van der Waals surface area contributed by atoms with Gasteiger partial charge in [0.25, 0.3) is 0 Å². The number of carbonyl (C=O) groups excluding carboxylic acids is 2. The Bertz CT molecular complexity index is 3400. The highest BCUT2D eigenvalue weighted by Crippen LogP contribution is 2.38. The van der Waals surface area contributed by atoms with Gasteiger partial charge in [0, 0.05) is 36.9 Å². The lowest BCUT2D eigenvalue weighted by Crippen LogP contribution is -2.59. The lowest BCUT2D eigenvalue weighted by molar-refractivity contribution is -0.125. The van der Waals surface area contributed by atoms with Gasteiger partial charge in [-0.15, -0.1) is 0 Å². The highest BCUT2D eigenvalue weighted by Gasteiger charge is 2.49. The van der Waals surface area contributed by atoms with Crippen LogP contribution in [-0.2, 0) is 42.7 Å². The number of rotatable bonds is 14. The summed E-state index contributed by atoms with van der Waals surface area (Å²) in [7, 11) is -10.3. The van der Waals surface area contributed by atoms with Crippen LogP contribution in [0.15, 0.2) is 107 Å². The number of nitrogens with zero attached hydrogens (tertiary/aromatic N) is 5. The van der Waals surface area contributed by atoms with Gasteiger partial charge < -0.3 is 10.2 Å². The van der Waals surface area contributed by atoms with Crippen molar-refractivity contribution in [3.8, 4) is 0 Å². The molecule has 0 bridgehead atoms. The zero-order valence-electron chi connectivity index (χ0n) is 43.0. The third-order valence-electron chi connectivity index (χ3n) is 14.7. The van der Waals surface area contributed by atoms with Crippen molar-refractivity contribution in [3.05, 3.63) is 178 Å². The second kappa shape index (κ2) is 26.2. The van der Waals surface area contributed by atoms with Crippen LogP contribution in [0.2, 0.25) is 0 Å². The lowest BCUT2D eigenvalue weighted by Gasteiger charge is -2.41. The summed E-state index contributed by atoms with van der Waals surface area (Å²) in [6.07, 6.45) is 16.4. The molecule has 1 N–H and O–H groups in total. The third-order valence-corrected chi connectivity index (χ3v) is 18.8. The zero-order chi connectivity index (χ0) is 58.3. The number of halogens is 11. The van der Waals surface area contributed by atoms with Crippen molar-refractivity contribution >= 4 is 54.2 Å². The van der Waals surface area contributed by atoms with E-state index < -0.39 is 111 Å². The highest BCUT2D eigenvalue weighted by molar-refractivity contribution is 7.89. The van der Waals surface area contributed by atoms with Crippen LogP contribution in [0.3, 0.4) is 0 Å². The molecule has 4 heterocycles. The average molecular weight is 1200 g/mol. The molecular formula is C56H53ClF10N6O6S2. The maximum Gasteiger partial charge on any atom is 0.249 e. The number of pyridine rings is 2. The topological polar surface area (TPSA) is 150 Å². The molecule has 2 saturated heterocycles. The first kappa shape index (κ1) is 60.6. The van der Waals surface area contributed by atoms with E-state index in [4.69, 9.17) is 11.6 Å². The molecule has 0 radical (unpaired) electrons. The number of hydrogen-bond acceptors (Lipinski definition) is 9. The molecule has 81 heavy (non-hydrogen) atoms. The molecule has 2 atom stereocenters. The summed E-state index contributed by atoms with van der Waals surface area (Å²) >= 11 is 5.09. The van der Waals surface area contributed by atoms with Gasteiger partial charge in [0.1, 0.15) is 12.1 Å². The number of sulfonamides is 2. The van der Waals surface area contributed by atoms with Gasteiger partial charge in [-0.3, -0.25) is 19.6 Å². The number of aromatic nitrogens is 2. The molecule has 25 heteroatoms. The second-order valence-corrected chi connectivity index (χ2v) is 23.8. The number of amides is 1. The molecule has 2 aliphatic heterocycles. The Hall–Kier alpha value is -6.47. The van der Waals surface area contributed by atoms with Crippen molar-refractivity contribution in [2.24, 2.45) is 0 Å². The fourth-order valence-corrected chi connectivity index (χ4v) is 13.8. The summed E-state index contributed by atoms with van der Waals surface area (Å²) in [6, 6.07) is 24.0. The van der Waals surface area contributed by atoms with E-state index in [2.05, 4.69) is 45.7 Å². The minimum absolute atomic E-state index is 0.00909. The molecule has 12 nitrogen and oxygen atoms in total. The number of para-hydroxylation sites is 2. The number of benzene rings is 4. The second-order valence-electron chi connectivity index (χ2n) is 19.8. The summed E-state index contributed by atoms with van der Waals surface area (Å²) in [4.78, 5) is 31.1. The minimum atomic E-state index is -5.25. The fraction of sp³-hybridized carbons (Fsp3) is 0.357. The fourth-order valence-electron chi connectivity index (χ4n) is 10.1. The van der Waals surface area contributed by atoms with E-state index >= 15 is 0 Å². The quantitative estimate of drug-likeness (QED) is 0.0487. The molecule has 4 fully saturated rings. The van der Waals surface area contributed by atoms with Crippen molar-refractivity contribution in [2.75, 3.05) is 23.3 Å². The molecule has 1 amide bonds. The van der Waals surface area contributed by atoms with Crippen LogP contribution in [0.5, 0.6) is 0 Å². The zero-order valence-corrected chi connectivity index (χ0v) is 45.4. The third kappa shape index (κ3) is 13.2. The lowest BCUT2D eigenvalue weighted by atomic mass is 9.85. The monoisotopic (exact) mass is 1190 g/mol. The van der Waals surface area contributed by atoms with E-state index in [1.54, 1.807) is 42.6 Å². The predicted octanol–water partition coefficient (Wildman–Crippen LogP) is 12.5. The number of anilines is 2. The van der Waals surface area contributed by atoms with Crippen LogP contribution >= 0.6 is 11.6 Å². The summed E-state index contributed by atoms with van der Waals surface area (Å²) in [5, 5.41) is 2.28. The molecule has 2 aliphatic carbocycles. The predicted molar refractivity (Wildman–Crippen MR) is 279 cm³/mol. The van der Waals surface area contributed by atoms with Crippen LogP contribution in [-0.4, -0.2) is 71.7 Å². The largest absolute Gasteiger partial charge is 0.379 e. The van der Waals surface area contributed by atoms with Crippen molar-refractivity contribution in [2.45, 2.75) is 124 Å². The van der Waals surface area contributed by atoms with Crippen LogP contribution in [0.25, 0.3) is 0 Å². The standard InChI is InChI=1S/C28H26F5N3O3S.C18H22N2.C10H5ClF5NO3S/c29-22-23(30)25(32)27(26(33)24(22)31)40(38,39)36-14-13-21(36)28(37)35(20-9-5-2-6-10-20)16-19-12-11-18(15-34-19)17-7-3-1-4-8-17;1-3-7-15(8-4-1)16-11-12-18(19-13-16)14-20-17-9-5-2-6-10-17;11-10(18)3-1-2-17(3)21(19,20)9-7(15)5(13)4(12)6(14)8(9)16/h2,5-6,9-12,15,17,21H,1,3-4,7-8,13-14,16H2;2,5-6,9-13,15,20H,1,3-4,7-8,14H2;3H,1-2H2/t21-;;3-/m1.1/s1. The first-order chi connectivity index (χ1) is 38.6. The van der Waals surface area contributed by atoms with Crippen LogP contribution < -0.4 is 10.2 Å². The van der Waals surface area contributed by atoms with Crippen molar-refractivity contribution in [1.29, 1.82) is 0 Å². The Morgan fingerprint density at radius 2 is 0.901 bits per heavy atom. The van der Waals surface area contributed by atoms with Gasteiger partial charge in [-0.2, -0.15) is 8.61 Å². The van der Waals surface area contributed by atoms with Crippen molar-refractivity contribution in [1.82, 2.24) is 18.6 Å². The van der Waals surface area contributed by atoms with Gasteiger partial charge in [0.2, 0.25) is 42.8 Å². The van der Waals surface area contributed by atoms with E-state index in [9.17, 15) is 70.3 Å². The molecule has 2 saturated carbocycles. The van der Waals surface area contributed by atoms with E-state index in [-0.39, 0.29) is 36.8 Å². The Labute approximate surface area is 466 Å². The highest BCUT2D eigenvalue weighted by atomic mass is 35.5. The molecule has 0 spiro atoms. The smallest absolute Gasteiger partial charge is 0.249 e. The van der Waals surface area contributed by atoms with Gasteiger partial charge in [-0.05, 0) is 109 Å². The maximum absolute atomic E-state index is 14.4. The van der Waals surface area contributed by atoms with Crippen LogP contribution in [0.4, 0.5) is 55.3 Å². The van der Waals surface area contributed by atoms with Crippen molar-refractivity contribution in [3.63, 3.8) is 0 Å². The first-order valence-corrected chi connectivity index (χ1v) is 29.2. The van der Waals surface area contributed by atoms with E-state index in [0.717, 1.165) is 55.1 Å². The van der Waals surface area contributed by atoms with Crippen LogP contribution in [0.1, 0.15) is 111 Å². The Kier molecular flexibility index (Phi) is 19.6. The maximum atomic E-state index is 14.4. The molecule has 6 aromatic rings. The van der Waals surface area contributed by atoms with Crippen molar-refractivity contribution < 1.29 is 70.3 Å². The molecule has 10 rings (SSSR count). The molecule has 0 unspecified atom stereocenters. The SMILES string of the molecule is O=C(Cl)[C@H]1CCN1S(=O)(=O)c1c(F)c(F)c(F)c(F)c1F.O=C([C@H]1CCN1S(=O)(=O)c1c(F)c(F)c(F)c(F)c1F)N(Cc1ccc(C2CCCCC2)cn1)c1ccccc1.c1ccc(NCc2ccc(C3CCCCC3)cn2)cc1. The van der Waals surface area contributed by atoms with E-state index in [1.165, 1.54) is 49.0 Å². The summed E-state index contributed by atoms with van der Waals surface area (Å²) in [5.74, 6) is -24.0. The molecule has 4 aliphatic rings. The van der Waals surface area contributed by atoms with E-state index in [1.807, 2.05) is 24.3 Å². The summed E-state index contributed by atoms with van der Waals surface area (Å²) in [5.41, 5.74) is 5.74. The molecular weight excluding hydrogens is 1140 g/mol. The van der Waals surface area contributed by atoms with Gasteiger partial charge in [-0.25, -0.2) is 60.7 Å². The van der Waals surface area contributed by atoms with E-state index in [0.29, 0.717) is 21.6 Å². The Balaban J connectivity index is 0.000000176. The number of nitrogens with one attached hydrogen (secondary N) is 1. The van der Waals surface area contributed by atoms with Gasteiger partial charge >= 0.3 is 0 Å².